The van der Waals surface area contributed by atoms with Gasteiger partial charge in [-0.3, -0.25) is 13.9 Å². The molecule has 0 radical (unpaired) electrons. The third-order valence-corrected chi connectivity index (χ3v) is 5.40. The first kappa shape index (κ1) is 12.4. The third-order valence-electron chi connectivity index (χ3n) is 5.40. The highest BCUT2D eigenvalue weighted by Crippen LogP contribution is 2.52. The Hall–Kier alpha value is -1.39. The summed E-state index contributed by atoms with van der Waals surface area (Å²) in [6.07, 6.45) is 6.43. The van der Waals surface area contributed by atoms with Gasteiger partial charge >= 0.3 is 0 Å². The van der Waals surface area contributed by atoms with E-state index >= 15 is 0 Å². The zero-order chi connectivity index (χ0) is 13.7. The number of fused-ring (bicyclic) bond motifs is 1. The van der Waals surface area contributed by atoms with E-state index in [9.17, 15) is 9.18 Å². The lowest BCUT2D eigenvalue weighted by Crippen LogP contribution is -2.33. The topological polar surface area (TPSA) is 38.1 Å². The van der Waals surface area contributed by atoms with Gasteiger partial charge in [0.05, 0.1) is 12.7 Å². The van der Waals surface area contributed by atoms with Crippen molar-refractivity contribution in [3.63, 3.8) is 0 Å². The highest BCUT2D eigenvalue weighted by atomic mass is 19.1. The molecule has 3 fully saturated rings. The lowest BCUT2D eigenvalue weighted by atomic mass is 10.2. The Balaban J connectivity index is 1.48. The fraction of sp³-hybridized carbons (Fsp3) is 0.733. The van der Waals surface area contributed by atoms with E-state index in [4.69, 9.17) is 0 Å². The van der Waals surface area contributed by atoms with E-state index in [1.165, 1.54) is 12.8 Å². The number of aromatic nitrogens is 2. The zero-order valence-electron chi connectivity index (χ0n) is 11.5. The molecule has 4 rings (SSSR count). The zero-order valence-corrected chi connectivity index (χ0v) is 11.5. The van der Waals surface area contributed by atoms with Gasteiger partial charge in [0.25, 0.3) is 5.91 Å². The number of carbonyl (C=O) groups excluding carboxylic acids is 1. The number of halogens is 1. The molecule has 2 aliphatic carbocycles. The summed E-state index contributed by atoms with van der Waals surface area (Å²) < 4.78 is 14.6. The number of hydrogen-bond donors (Lipinski definition) is 0. The molecule has 2 heterocycles. The molecule has 3 aliphatic rings. The maximum atomic E-state index is 12.7. The largest absolute Gasteiger partial charge is 0.337 e. The maximum Gasteiger partial charge on any atom is 0.272 e. The van der Waals surface area contributed by atoms with Crippen molar-refractivity contribution in [2.75, 3.05) is 19.8 Å². The number of alkyl halides is 1. The van der Waals surface area contributed by atoms with Crippen LogP contribution >= 0.6 is 0 Å². The average Bonchev–Trinajstić information content (AvgIpc) is 3.02. The van der Waals surface area contributed by atoms with E-state index in [2.05, 4.69) is 5.10 Å². The first-order valence-electron chi connectivity index (χ1n) is 7.68. The van der Waals surface area contributed by atoms with Crippen LogP contribution < -0.4 is 0 Å². The van der Waals surface area contributed by atoms with Crippen LogP contribution in [0.1, 0.15) is 42.2 Å². The fourth-order valence-corrected chi connectivity index (χ4v) is 4.13. The summed E-state index contributed by atoms with van der Waals surface area (Å²) in [5, 5.41) is 4.36. The number of rotatable bonds is 3. The second-order valence-electron chi connectivity index (χ2n) is 6.46. The summed E-state index contributed by atoms with van der Waals surface area (Å²) in [6, 6.07) is 2.22. The molecule has 4 nitrogen and oxygen atoms in total. The van der Waals surface area contributed by atoms with Crippen LogP contribution in [0, 0.1) is 17.8 Å². The number of piperidine rings is 1. The molecule has 20 heavy (non-hydrogen) atoms. The van der Waals surface area contributed by atoms with Gasteiger partial charge in [-0.2, -0.15) is 5.10 Å². The van der Waals surface area contributed by atoms with Crippen molar-refractivity contribution in [1.29, 1.82) is 0 Å². The molecule has 1 unspecified atom stereocenters. The summed E-state index contributed by atoms with van der Waals surface area (Å²) in [4.78, 5) is 14.5. The molecule has 1 aromatic heterocycles. The summed E-state index contributed by atoms with van der Waals surface area (Å²) in [7, 11) is 0. The standard InChI is InChI=1S/C15H20FN3O/c16-7-11-12-8-18(9-13(11)12)15(20)14-5-6-17-19(14)10-3-1-2-4-10/h5-6,10-13H,1-4,7-9H2/t11?,12-,13+. The molecule has 2 saturated carbocycles. The molecule has 0 aromatic carbocycles. The minimum atomic E-state index is -0.225. The molecule has 0 spiro atoms. The van der Waals surface area contributed by atoms with Gasteiger partial charge in [-0.25, -0.2) is 0 Å². The van der Waals surface area contributed by atoms with Crippen LogP contribution in [-0.2, 0) is 0 Å². The predicted octanol–water partition coefficient (Wildman–Crippen LogP) is 2.29. The average molecular weight is 277 g/mol. The van der Waals surface area contributed by atoms with Gasteiger partial charge in [0.2, 0.25) is 0 Å². The summed E-state index contributed by atoms with van der Waals surface area (Å²) in [6.45, 7) is 1.24. The molecular formula is C15H20FN3O. The molecule has 0 N–H and O–H groups in total. The van der Waals surface area contributed by atoms with Crippen LogP contribution in [0.5, 0.6) is 0 Å². The summed E-state index contributed by atoms with van der Waals surface area (Å²) in [5.74, 6) is 1.12. The Morgan fingerprint density at radius 3 is 2.65 bits per heavy atom. The van der Waals surface area contributed by atoms with Gasteiger partial charge in [0.1, 0.15) is 5.69 Å². The van der Waals surface area contributed by atoms with Crippen molar-refractivity contribution in [3.05, 3.63) is 18.0 Å². The van der Waals surface area contributed by atoms with Gasteiger partial charge in [0, 0.05) is 19.3 Å². The second kappa shape index (κ2) is 4.57. The highest BCUT2D eigenvalue weighted by molar-refractivity contribution is 5.93. The van der Waals surface area contributed by atoms with Crippen LogP contribution in [0.3, 0.4) is 0 Å². The number of likely N-dealkylation sites (tertiary alicyclic amines) is 1. The van der Waals surface area contributed by atoms with Gasteiger partial charge < -0.3 is 4.90 Å². The van der Waals surface area contributed by atoms with E-state index in [-0.39, 0.29) is 18.5 Å². The Bertz CT molecular complexity index is 511. The van der Waals surface area contributed by atoms with Gasteiger partial charge in [-0.05, 0) is 36.7 Å². The smallest absolute Gasteiger partial charge is 0.272 e. The molecule has 3 atom stereocenters. The lowest BCUT2D eigenvalue weighted by Gasteiger charge is -2.21. The fourth-order valence-electron chi connectivity index (χ4n) is 4.13. The van der Waals surface area contributed by atoms with E-state index in [0.717, 1.165) is 31.6 Å². The Morgan fingerprint density at radius 1 is 1.30 bits per heavy atom. The van der Waals surface area contributed by atoms with Gasteiger partial charge in [0.15, 0.2) is 0 Å². The summed E-state index contributed by atoms with van der Waals surface area (Å²) in [5.41, 5.74) is 0.718. The molecule has 108 valence electrons. The Labute approximate surface area is 117 Å². The van der Waals surface area contributed by atoms with Crippen molar-refractivity contribution >= 4 is 5.91 Å². The van der Waals surface area contributed by atoms with Crippen molar-refractivity contribution in [2.24, 2.45) is 17.8 Å². The van der Waals surface area contributed by atoms with E-state index in [1.54, 1.807) is 6.20 Å². The number of carbonyl (C=O) groups is 1. The molecule has 1 aromatic rings. The molecular weight excluding hydrogens is 257 g/mol. The van der Waals surface area contributed by atoms with Crippen LogP contribution in [0.4, 0.5) is 4.39 Å². The molecule has 5 heteroatoms. The highest BCUT2D eigenvalue weighted by Gasteiger charge is 2.56. The molecule has 1 aliphatic heterocycles. The SMILES string of the molecule is O=C(c1ccnn1C1CCCC1)N1C[C@@H]2C(CF)[C@@H]2C1. The van der Waals surface area contributed by atoms with Crippen LogP contribution in [0.25, 0.3) is 0 Å². The minimum absolute atomic E-state index is 0.0826. The van der Waals surface area contributed by atoms with Crippen LogP contribution in [-0.4, -0.2) is 40.4 Å². The quantitative estimate of drug-likeness (QED) is 0.850. The number of nitrogens with zero attached hydrogens (tertiary/aromatic N) is 3. The molecule has 0 bridgehead atoms. The Kier molecular flexibility index (Phi) is 2.82. The molecule has 1 saturated heterocycles. The first-order chi connectivity index (χ1) is 9.79. The van der Waals surface area contributed by atoms with Gasteiger partial charge in [-0.1, -0.05) is 12.8 Å². The van der Waals surface area contributed by atoms with Gasteiger partial charge in [-0.15, -0.1) is 0 Å². The second-order valence-corrected chi connectivity index (χ2v) is 6.46. The summed E-state index contributed by atoms with van der Waals surface area (Å²) >= 11 is 0. The first-order valence-corrected chi connectivity index (χ1v) is 7.68. The predicted molar refractivity (Wildman–Crippen MR) is 72.1 cm³/mol. The van der Waals surface area contributed by atoms with E-state index < -0.39 is 0 Å². The monoisotopic (exact) mass is 277 g/mol. The number of amides is 1. The molecule has 1 amide bonds. The maximum absolute atomic E-state index is 12.7. The third kappa shape index (κ3) is 1.79. The van der Waals surface area contributed by atoms with E-state index in [0.29, 0.717) is 17.9 Å². The van der Waals surface area contributed by atoms with Crippen LogP contribution in [0.2, 0.25) is 0 Å². The van der Waals surface area contributed by atoms with Crippen molar-refractivity contribution in [2.45, 2.75) is 31.7 Å². The number of hydrogen-bond acceptors (Lipinski definition) is 2. The lowest BCUT2D eigenvalue weighted by molar-refractivity contribution is 0.0749. The Morgan fingerprint density at radius 2 is 2.00 bits per heavy atom. The van der Waals surface area contributed by atoms with E-state index in [1.807, 2.05) is 15.6 Å². The van der Waals surface area contributed by atoms with Crippen molar-refractivity contribution in [1.82, 2.24) is 14.7 Å². The van der Waals surface area contributed by atoms with Crippen molar-refractivity contribution in [3.8, 4) is 0 Å². The normalized spacial score (nSPS) is 32.6. The minimum Gasteiger partial charge on any atom is -0.337 e. The van der Waals surface area contributed by atoms with Crippen molar-refractivity contribution < 1.29 is 9.18 Å². The van der Waals surface area contributed by atoms with Crippen LogP contribution in [0.15, 0.2) is 12.3 Å².